The molecule has 0 atom stereocenters. The fourth-order valence-corrected chi connectivity index (χ4v) is 2.27. The van der Waals surface area contributed by atoms with Gasteiger partial charge in [-0.3, -0.25) is 4.90 Å². The number of likely N-dealkylation sites (tertiary alicyclic amines) is 1. The third-order valence-electron chi connectivity index (χ3n) is 3.49. The normalized spacial score (nSPS) is 16.9. The number of piperidine rings is 1. The number of nitrogens with zero attached hydrogens (tertiary/aromatic N) is 1. The predicted molar refractivity (Wildman–Crippen MR) is 77.7 cm³/mol. The Bertz CT molecular complexity index is 353. The molecule has 0 saturated carbocycles. The van der Waals surface area contributed by atoms with Gasteiger partial charge in [-0.25, -0.2) is 4.39 Å². The SMILES string of the molecule is CNC1CCN(CCOc2ccc(F)cc2)CC1.Cl. The van der Waals surface area contributed by atoms with Crippen LogP contribution in [-0.2, 0) is 0 Å². The quantitative estimate of drug-likeness (QED) is 0.900. The van der Waals surface area contributed by atoms with E-state index < -0.39 is 0 Å². The molecule has 1 N–H and O–H groups in total. The van der Waals surface area contributed by atoms with Crippen molar-refractivity contribution in [3.05, 3.63) is 30.1 Å². The molecule has 108 valence electrons. The van der Waals surface area contributed by atoms with Crippen LogP contribution in [0.3, 0.4) is 0 Å². The lowest BCUT2D eigenvalue weighted by atomic mass is 10.1. The van der Waals surface area contributed by atoms with Crippen LogP contribution in [0.2, 0.25) is 0 Å². The van der Waals surface area contributed by atoms with Crippen LogP contribution in [0, 0.1) is 5.82 Å². The van der Waals surface area contributed by atoms with Crippen molar-refractivity contribution in [3.63, 3.8) is 0 Å². The zero-order valence-corrected chi connectivity index (χ0v) is 12.1. The van der Waals surface area contributed by atoms with Gasteiger partial charge in [0.05, 0.1) is 0 Å². The van der Waals surface area contributed by atoms with Gasteiger partial charge < -0.3 is 10.1 Å². The van der Waals surface area contributed by atoms with E-state index >= 15 is 0 Å². The van der Waals surface area contributed by atoms with Crippen LogP contribution in [0.25, 0.3) is 0 Å². The lowest BCUT2D eigenvalue weighted by Crippen LogP contribution is -2.42. The van der Waals surface area contributed by atoms with E-state index in [0.29, 0.717) is 12.6 Å². The average Bonchev–Trinajstić information content (AvgIpc) is 2.42. The highest BCUT2D eigenvalue weighted by molar-refractivity contribution is 5.85. The largest absolute Gasteiger partial charge is 0.492 e. The van der Waals surface area contributed by atoms with Crippen LogP contribution in [-0.4, -0.2) is 44.2 Å². The van der Waals surface area contributed by atoms with Gasteiger partial charge in [-0.15, -0.1) is 12.4 Å². The van der Waals surface area contributed by atoms with Crippen LogP contribution >= 0.6 is 12.4 Å². The second-order valence-corrected chi connectivity index (χ2v) is 4.71. The van der Waals surface area contributed by atoms with E-state index in [2.05, 4.69) is 10.2 Å². The minimum atomic E-state index is -0.225. The standard InChI is InChI=1S/C14H21FN2O.ClH/c1-16-13-6-8-17(9-7-13)10-11-18-14-4-2-12(15)3-5-14;/h2-5,13,16H,6-11H2,1H3;1H. The molecule has 19 heavy (non-hydrogen) atoms. The summed E-state index contributed by atoms with van der Waals surface area (Å²) >= 11 is 0. The van der Waals surface area contributed by atoms with E-state index in [4.69, 9.17) is 4.74 Å². The first-order valence-corrected chi connectivity index (χ1v) is 6.56. The first-order chi connectivity index (χ1) is 8.78. The van der Waals surface area contributed by atoms with Crippen molar-refractivity contribution in [1.82, 2.24) is 10.2 Å². The van der Waals surface area contributed by atoms with Crippen LogP contribution in [0.5, 0.6) is 5.75 Å². The lowest BCUT2D eigenvalue weighted by molar-refractivity contribution is 0.167. The maximum absolute atomic E-state index is 12.7. The molecular weight excluding hydrogens is 267 g/mol. The molecule has 1 aliphatic rings. The van der Waals surface area contributed by atoms with Crippen LogP contribution in [0.15, 0.2) is 24.3 Å². The molecule has 0 radical (unpaired) electrons. The Kier molecular flexibility index (Phi) is 7.13. The summed E-state index contributed by atoms with van der Waals surface area (Å²) in [5, 5.41) is 3.32. The van der Waals surface area contributed by atoms with Crippen molar-refractivity contribution >= 4 is 12.4 Å². The number of hydrogen-bond acceptors (Lipinski definition) is 3. The summed E-state index contributed by atoms with van der Waals surface area (Å²) in [5.74, 6) is 0.512. The monoisotopic (exact) mass is 288 g/mol. The molecule has 0 amide bonds. The van der Waals surface area contributed by atoms with E-state index in [-0.39, 0.29) is 18.2 Å². The van der Waals surface area contributed by atoms with E-state index in [1.807, 2.05) is 7.05 Å². The molecule has 1 fully saturated rings. The van der Waals surface area contributed by atoms with Gasteiger partial charge in [0.15, 0.2) is 0 Å². The van der Waals surface area contributed by atoms with Crippen LogP contribution < -0.4 is 10.1 Å². The Balaban J connectivity index is 0.00000180. The molecular formula is C14H22ClFN2O. The molecule has 0 aromatic heterocycles. The van der Waals surface area contributed by atoms with Crippen molar-refractivity contribution in [1.29, 1.82) is 0 Å². The minimum absolute atomic E-state index is 0. The topological polar surface area (TPSA) is 24.5 Å². The molecule has 1 heterocycles. The summed E-state index contributed by atoms with van der Waals surface area (Å²) in [4.78, 5) is 2.41. The zero-order valence-electron chi connectivity index (χ0n) is 11.3. The number of halogens is 2. The Hall–Kier alpha value is -0.840. The van der Waals surface area contributed by atoms with Crippen molar-refractivity contribution in [2.45, 2.75) is 18.9 Å². The molecule has 0 bridgehead atoms. The van der Waals surface area contributed by atoms with Gasteiger partial charge in [0, 0.05) is 12.6 Å². The van der Waals surface area contributed by atoms with Crippen molar-refractivity contribution < 1.29 is 9.13 Å². The van der Waals surface area contributed by atoms with Gasteiger partial charge in [0.2, 0.25) is 0 Å². The molecule has 1 aliphatic heterocycles. The number of benzene rings is 1. The fraction of sp³-hybridized carbons (Fsp3) is 0.571. The third-order valence-corrected chi connectivity index (χ3v) is 3.49. The van der Waals surface area contributed by atoms with E-state index in [0.717, 1.165) is 25.4 Å². The number of ether oxygens (including phenoxy) is 1. The van der Waals surface area contributed by atoms with Gasteiger partial charge in [0.1, 0.15) is 18.2 Å². The second-order valence-electron chi connectivity index (χ2n) is 4.71. The molecule has 1 aromatic carbocycles. The third kappa shape index (κ3) is 5.35. The number of nitrogens with one attached hydrogen (secondary N) is 1. The molecule has 1 saturated heterocycles. The van der Waals surface area contributed by atoms with Crippen molar-refractivity contribution in [2.24, 2.45) is 0 Å². The van der Waals surface area contributed by atoms with E-state index in [9.17, 15) is 4.39 Å². The molecule has 0 spiro atoms. The minimum Gasteiger partial charge on any atom is -0.492 e. The Morgan fingerprint density at radius 1 is 1.26 bits per heavy atom. The van der Waals surface area contributed by atoms with Gasteiger partial charge in [-0.2, -0.15) is 0 Å². The van der Waals surface area contributed by atoms with Gasteiger partial charge in [-0.05, 0) is 57.2 Å². The van der Waals surface area contributed by atoms with Crippen LogP contribution in [0.4, 0.5) is 4.39 Å². The maximum Gasteiger partial charge on any atom is 0.123 e. The smallest absolute Gasteiger partial charge is 0.123 e. The lowest BCUT2D eigenvalue weighted by Gasteiger charge is -2.31. The summed E-state index contributed by atoms with van der Waals surface area (Å²) in [5.41, 5.74) is 0. The van der Waals surface area contributed by atoms with Crippen molar-refractivity contribution in [3.8, 4) is 5.75 Å². The first kappa shape index (κ1) is 16.2. The summed E-state index contributed by atoms with van der Waals surface area (Å²) in [6.45, 7) is 3.85. The van der Waals surface area contributed by atoms with Gasteiger partial charge >= 0.3 is 0 Å². The molecule has 2 rings (SSSR count). The average molecular weight is 289 g/mol. The highest BCUT2D eigenvalue weighted by Gasteiger charge is 2.16. The highest BCUT2D eigenvalue weighted by atomic mass is 35.5. The first-order valence-electron chi connectivity index (χ1n) is 6.56. The van der Waals surface area contributed by atoms with Crippen molar-refractivity contribution in [2.75, 3.05) is 33.3 Å². The van der Waals surface area contributed by atoms with Gasteiger partial charge in [0.25, 0.3) is 0 Å². The molecule has 5 heteroatoms. The number of rotatable bonds is 5. The van der Waals surface area contributed by atoms with Gasteiger partial charge in [-0.1, -0.05) is 0 Å². The highest BCUT2D eigenvalue weighted by Crippen LogP contribution is 2.12. The molecule has 0 aliphatic carbocycles. The molecule has 0 unspecified atom stereocenters. The summed E-state index contributed by atoms with van der Waals surface area (Å²) < 4.78 is 18.3. The zero-order chi connectivity index (χ0) is 12.8. The molecule has 1 aromatic rings. The Labute approximate surface area is 120 Å². The number of hydrogen-bond donors (Lipinski definition) is 1. The Morgan fingerprint density at radius 2 is 1.89 bits per heavy atom. The summed E-state index contributed by atoms with van der Waals surface area (Å²) in [6, 6.07) is 6.85. The Morgan fingerprint density at radius 3 is 2.47 bits per heavy atom. The van der Waals surface area contributed by atoms with E-state index in [1.54, 1.807) is 12.1 Å². The summed E-state index contributed by atoms with van der Waals surface area (Å²) in [7, 11) is 2.03. The molecule has 3 nitrogen and oxygen atoms in total. The predicted octanol–water partition coefficient (Wildman–Crippen LogP) is 2.31. The fourth-order valence-electron chi connectivity index (χ4n) is 2.27. The second kappa shape index (κ2) is 8.35. The van der Waals surface area contributed by atoms with E-state index in [1.165, 1.54) is 25.0 Å². The van der Waals surface area contributed by atoms with Crippen LogP contribution in [0.1, 0.15) is 12.8 Å². The maximum atomic E-state index is 12.7. The summed E-state index contributed by atoms with van der Waals surface area (Å²) in [6.07, 6.45) is 2.40.